The molecule has 8 nitrogen and oxygen atoms in total. The molecule has 1 aromatic rings. The van der Waals surface area contributed by atoms with Gasteiger partial charge in [0.15, 0.2) is 6.29 Å². The van der Waals surface area contributed by atoms with Gasteiger partial charge in [-0.05, 0) is 24.8 Å². The van der Waals surface area contributed by atoms with Gasteiger partial charge in [0.1, 0.15) is 0 Å². The zero-order valence-corrected chi connectivity index (χ0v) is 17.7. The van der Waals surface area contributed by atoms with E-state index in [9.17, 15) is 18.8 Å². The first-order valence-electron chi connectivity index (χ1n) is 9.80. The maximum absolute atomic E-state index is 13.4. The summed E-state index contributed by atoms with van der Waals surface area (Å²) < 4.78 is 18.4. The van der Waals surface area contributed by atoms with Crippen molar-refractivity contribution in [3.05, 3.63) is 59.1 Å². The highest BCUT2D eigenvalue weighted by atomic mass is 19.1. The lowest BCUT2D eigenvalue weighted by molar-refractivity contribution is -0.104. The van der Waals surface area contributed by atoms with E-state index in [-0.39, 0.29) is 29.9 Å². The number of halogens is 1. The molecular formula is C22H27FN4O4. The number of methoxy groups -OCH3 is 1. The Morgan fingerprint density at radius 2 is 1.87 bits per heavy atom. The number of nitrogens with one attached hydrogen (secondary N) is 2. The molecule has 0 saturated heterocycles. The van der Waals surface area contributed by atoms with E-state index in [1.807, 2.05) is 11.9 Å². The van der Waals surface area contributed by atoms with Gasteiger partial charge < -0.3 is 20.4 Å². The first-order valence-corrected chi connectivity index (χ1v) is 9.80. The Kier molecular flexibility index (Phi) is 9.23. The highest BCUT2D eigenvalue weighted by Crippen LogP contribution is 2.23. The lowest BCUT2D eigenvalue weighted by atomic mass is 10.1. The Labute approximate surface area is 180 Å². The van der Waals surface area contributed by atoms with Crippen LogP contribution in [0.5, 0.6) is 0 Å². The number of imide groups is 1. The van der Waals surface area contributed by atoms with Crippen molar-refractivity contribution in [2.24, 2.45) is 0 Å². The van der Waals surface area contributed by atoms with Crippen molar-refractivity contribution in [2.75, 3.05) is 46.9 Å². The van der Waals surface area contributed by atoms with Crippen molar-refractivity contribution < 1.29 is 23.5 Å². The van der Waals surface area contributed by atoms with Gasteiger partial charge in [-0.25, -0.2) is 4.39 Å². The van der Waals surface area contributed by atoms with Gasteiger partial charge in [0.25, 0.3) is 11.8 Å². The van der Waals surface area contributed by atoms with Crippen LogP contribution >= 0.6 is 0 Å². The second-order valence-corrected chi connectivity index (χ2v) is 7.13. The average molecular weight is 430 g/mol. The maximum Gasteiger partial charge on any atom is 0.261 e. The number of hydrogen-bond donors (Lipinski definition) is 2. The van der Waals surface area contributed by atoms with Gasteiger partial charge >= 0.3 is 0 Å². The maximum atomic E-state index is 13.4. The lowest BCUT2D eigenvalue weighted by Crippen LogP contribution is -2.33. The fourth-order valence-electron chi connectivity index (χ4n) is 3.01. The lowest BCUT2D eigenvalue weighted by Gasteiger charge is -2.17. The van der Waals surface area contributed by atoms with Crippen LogP contribution < -0.4 is 5.32 Å². The largest absolute Gasteiger partial charge is 0.386 e. The van der Waals surface area contributed by atoms with Crippen LogP contribution in [0.15, 0.2) is 47.9 Å². The van der Waals surface area contributed by atoms with Crippen molar-refractivity contribution >= 4 is 23.8 Å². The number of fused-ring (bicyclic) bond motifs is 1. The number of aldehydes is 1. The molecule has 0 atom stereocenters. The minimum atomic E-state index is -0.469. The number of benzene rings is 1. The molecule has 0 aliphatic carbocycles. The molecule has 1 aliphatic rings. The van der Waals surface area contributed by atoms with E-state index < -0.39 is 11.8 Å². The van der Waals surface area contributed by atoms with Gasteiger partial charge in [0.05, 0.1) is 36.2 Å². The van der Waals surface area contributed by atoms with Gasteiger partial charge in [-0.15, -0.1) is 0 Å². The minimum Gasteiger partial charge on any atom is -0.386 e. The van der Waals surface area contributed by atoms with Gasteiger partial charge in [-0.1, -0.05) is 12.1 Å². The zero-order chi connectivity index (χ0) is 22.8. The van der Waals surface area contributed by atoms with Gasteiger partial charge in [0, 0.05) is 45.1 Å². The zero-order valence-electron chi connectivity index (χ0n) is 17.7. The molecule has 2 amide bonds. The molecule has 166 valence electrons. The van der Waals surface area contributed by atoms with E-state index in [2.05, 4.69) is 5.32 Å². The van der Waals surface area contributed by atoms with Crippen molar-refractivity contribution in [1.82, 2.24) is 15.1 Å². The van der Waals surface area contributed by atoms with Crippen molar-refractivity contribution in [1.29, 1.82) is 5.41 Å². The third-order valence-corrected chi connectivity index (χ3v) is 4.88. The number of carbonyl (C=O) groups excluding carboxylic acids is 3. The van der Waals surface area contributed by atoms with Crippen LogP contribution in [0, 0.1) is 5.41 Å². The third-order valence-electron chi connectivity index (χ3n) is 4.88. The monoisotopic (exact) mass is 430 g/mol. The highest BCUT2D eigenvalue weighted by Gasteiger charge is 2.35. The smallest absolute Gasteiger partial charge is 0.261 e. The van der Waals surface area contributed by atoms with Crippen LogP contribution in [0.25, 0.3) is 0 Å². The van der Waals surface area contributed by atoms with Gasteiger partial charge in [0.2, 0.25) is 0 Å². The first kappa shape index (κ1) is 24.1. The molecule has 0 radical (unpaired) electrons. The summed E-state index contributed by atoms with van der Waals surface area (Å²) >= 11 is 0. The average Bonchev–Trinajstić information content (AvgIpc) is 3.02. The van der Waals surface area contributed by atoms with E-state index in [0.29, 0.717) is 49.9 Å². The second-order valence-electron chi connectivity index (χ2n) is 7.13. The molecule has 0 saturated carbocycles. The van der Waals surface area contributed by atoms with E-state index in [4.69, 9.17) is 10.1 Å². The molecule has 0 bridgehead atoms. The Hall–Kier alpha value is -3.17. The number of rotatable bonds is 13. The third kappa shape index (κ3) is 6.40. The van der Waals surface area contributed by atoms with Crippen molar-refractivity contribution in [3.63, 3.8) is 0 Å². The molecule has 0 fully saturated rings. The fraction of sp³-hybridized carbons (Fsp3) is 0.364. The molecule has 1 heterocycles. The number of amides is 2. The Morgan fingerprint density at radius 1 is 1.23 bits per heavy atom. The first-order chi connectivity index (χ1) is 14.9. The van der Waals surface area contributed by atoms with Crippen LogP contribution in [0.4, 0.5) is 4.39 Å². The summed E-state index contributed by atoms with van der Waals surface area (Å²) in [5.74, 6) is -0.938. The normalized spacial score (nSPS) is 14.3. The number of carbonyl (C=O) groups is 3. The number of likely N-dealkylation sites (N-methyl/N-ethyl adjacent to an activating group) is 1. The Bertz CT molecular complexity index is 862. The topological polar surface area (TPSA) is 103 Å². The molecule has 1 aliphatic heterocycles. The summed E-state index contributed by atoms with van der Waals surface area (Å²) in [4.78, 5) is 39.1. The van der Waals surface area contributed by atoms with E-state index >= 15 is 0 Å². The molecule has 0 spiro atoms. The number of allylic oxidation sites excluding steroid dienone is 1. The summed E-state index contributed by atoms with van der Waals surface area (Å²) in [6.07, 6.45) is 2.61. The molecule has 1 aromatic carbocycles. The van der Waals surface area contributed by atoms with E-state index in [1.165, 1.54) is 6.20 Å². The summed E-state index contributed by atoms with van der Waals surface area (Å²) in [7, 11) is 3.51. The molecule has 9 heteroatoms. The van der Waals surface area contributed by atoms with Gasteiger partial charge in [-0.2, -0.15) is 0 Å². The molecule has 2 rings (SSSR count). The van der Waals surface area contributed by atoms with Crippen LogP contribution in [-0.2, 0) is 9.53 Å². The Morgan fingerprint density at radius 3 is 2.42 bits per heavy atom. The summed E-state index contributed by atoms with van der Waals surface area (Å²) in [6, 6.07) is 6.45. The number of nitrogens with zero attached hydrogens (tertiary/aromatic N) is 2. The molecular weight excluding hydrogens is 403 g/mol. The van der Waals surface area contributed by atoms with Crippen molar-refractivity contribution in [2.45, 2.75) is 6.42 Å². The highest BCUT2D eigenvalue weighted by molar-refractivity contribution is 6.21. The van der Waals surface area contributed by atoms with Crippen LogP contribution in [-0.4, -0.2) is 80.6 Å². The quantitative estimate of drug-likeness (QED) is 0.214. The molecule has 31 heavy (non-hydrogen) atoms. The standard InChI is InChI=1S/C22H27FN4O4/c1-26(9-10-31-2)8-7-20(24)17(15-28)13-25-12-16(11-23)14-27-21(29)18-5-3-4-6-19(18)22(27)30/h3-6,11,13,15,24-25H,7-10,12,14H2,1-2H3/b16-11-,17-13-,24-20?. The van der Waals surface area contributed by atoms with Crippen molar-refractivity contribution in [3.8, 4) is 0 Å². The fourth-order valence-corrected chi connectivity index (χ4v) is 3.01. The van der Waals surface area contributed by atoms with Crippen LogP contribution in [0.2, 0.25) is 0 Å². The molecule has 0 aromatic heterocycles. The SMILES string of the molecule is COCCN(C)CCC(=N)/C(C=O)=C\NC/C(=C/F)CN1C(=O)c2ccccc2C1=O. The second kappa shape index (κ2) is 11.9. The summed E-state index contributed by atoms with van der Waals surface area (Å²) in [6.45, 7) is 1.64. The molecule has 0 unspecified atom stereocenters. The Balaban J connectivity index is 1.89. The predicted octanol–water partition coefficient (Wildman–Crippen LogP) is 1.80. The van der Waals surface area contributed by atoms with E-state index in [0.717, 1.165) is 4.90 Å². The number of ether oxygens (including phenoxy) is 1. The summed E-state index contributed by atoms with van der Waals surface area (Å²) in [5.41, 5.74) is 1.05. The predicted molar refractivity (Wildman–Crippen MR) is 115 cm³/mol. The van der Waals surface area contributed by atoms with Gasteiger partial charge in [-0.3, -0.25) is 19.3 Å². The molecule has 2 N–H and O–H groups in total. The van der Waals surface area contributed by atoms with E-state index in [1.54, 1.807) is 31.4 Å². The van der Waals surface area contributed by atoms with Crippen LogP contribution in [0.3, 0.4) is 0 Å². The summed E-state index contributed by atoms with van der Waals surface area (Å²) in [5, 5.41) is 10.9. The minimum absolute atomic E-state index is 0.0255. The van der Waals surface area contributed by atoms with Crippen LogP contribution in [0.1, 0.15) is 27.1 Å². The number of hydrogen-bond acceptors (Lipinski definition) is 7.